The normalized spacial score (nSPS) is 10.9. The van der Waals surface area contributed by atoms with Gasteiger partial charge in [-0.1, -0.05) is 29.5 Å². The number of thioether (sulfide) groups is 1. The molecule has 0 fully saturated rings. The first kappa shape index (κ1) is 16.9. The van der Waals surface area contributed by atoms with Crippen molar-refractivity contribution in [2.45, 2.75) is 13.8 Å². The van der Waals surface area contributed by atoms with E-state index in [1.807, 2.05) is 31.2 Å². The fourth-order valence-corrected chi connectivity index (χ4v) is 1.55. The van der Waals surface area contributed by atoms with Gasteiger partial charge in [0.05, 0.1) is 6.61 Å². The van der Waals surface area contributed by atoms with Crippen molar-refractivity contribution in [3.8, 4) is 0 Å². The van der Waals surface area contributed by atoms with Gasteiger partial charge in [-0.15, -0.1) is 0 Å². The van der Waals surface area contributed by atoms with Gasteiger partial charge < -0.3 is 10.1 Å². The third-order valence-electron chi connectivity index (χ3n) is 2.44. The van der Waals surface area contributed by atoms with Crippen molar-refractivity contribution in [2.75, 3.05) is 18.2 Å². The first-order valence-electron chi connectivity index (χ1n) is 6.28. The number of hydrogen-bond donors (Lipinski definition) is 3. The Morgan fingerprint density at radius 1 is 1.33 bits per heavy atom. The van der Waals surface area contributed by atoms with Crippen molar-refractivity contribution >= 4 is 40.1 Å². The fourth-order valence-electron chi connectivity index (χ4n) is 1.37. The lowest BCUT2D eigenvalue weighted by Crippen LogP contribution is -2.31. The predicted octanol–water partition coefficient (Wildman–Crippen LogP) is 2.69. The quantitative estimate of drug-likeness (QED) is 0.452. The molecule has 112 valence electrons. The maximum absolute atomic E-state index is 11.7. The van der Waals surface area contributed by atoms with Crippen LogP contribution in [-0.2, 0) is 9.53 Å². The van der Waals surface area contributed by atoms with Gasteiger partial charge in [0.1, 0.15) is 0 Å². The number of nitrogens with one attached hydrogen (secondary N) is 3. The van der Waals surface area contributed by atoms with E-state index in [1.54, 1.807) is 13.2 Å². The molecule has 0 aliphatic carbocycles. The summed E-state index contributed by atoms with van der Waals surface area (Å²) >= 11 is 1.12. The maximum Gasteiger partial charge on any atom is 0.360 e. The summed E-state index contributed by atoms with van der Waals surface area (Å²) in [6.07, 6.45) is 1.70. The Balaban J connectivity index is 3.00. The zero-order valence-corrected chi connectivity index (χ0v) is 13.0. The van der Waals surface area contributed by atoms with Gasteiger partial charge in [0.25, 0.3) is 0 Å². The Morgan fingerprint density at radius 3 is 2.48 bits per heavy atom. The van der Waals surface area contributed by atoms with E-state index in [0.29, 0.717) is 5.69 Å². The number of carbonyl (C=O) groups excluding carboxylic acids is 1. The molecule has 7 heteroatoms. The van der Waals surface area contributed by atoms with Crippen LogP contribution in [0.15, 0.2) is 29.3 Å². The number of nitrogens with zero attached hydrogens (tertiary/aromatic N) is 1. The lowest BCUT2D eigenvalue weighted by molar-refractivity contribution is -0.134. The molecule has 1 aromatic rings. The number of esters is 1. The molecule has 0 aliphatic rings. The summed E-state index contributed by atoms with van der Waals surface area (Å²) < 4.78 is 4.80. The van der Waals surface area contributed by atoms with Crippen LogP contribution in [0, 0.1) is 17.7 Å². The monoisotopic (exact) mass is 306 g/mol. The predicted molar refractivity (Wildman–Crippen MR) is 87.8 cm³/mol. The van der Waals surface area contributed by atoms with Crippen molar-refractivity contribution in [2.24, 2.45) is 4.99 Å². The van der Waals surface area contributed by atoms with Gasteiger partial charge in [-0.05, 0) is 32.2 Å². The lowest BCUT2D eigenvalue weighted by atomic mass is 10.2. The van der Waals surface area contributed by atoms with E-state index >= 15 is 0 Å². The molecule has 21 heavy (non-hydrogen) atoms. The smallest absolute Gasteiger partial charge is 0.360 e. The van der Waals surface area contributed by atoms with Crippen LogP contribution in [0.1, 0.15) is 12.5 Å². The summed E-state index contributed by atoms with van der Waals surface area (Å²) in [5.41, 5.74) is 1.37. The van der Waals surface area contributed by atoms with Gasteiger partial charge in [-0.3, -0.25) is 10.8 Å². The number of rotatable bonds is 4. The topological polar surface area (TPSA) is 98.4 Å². The van der Waals surface area contributed by atoms with Crippen LogP contribution < -0.4 is 5.32 Å². The van der Waals surface area contributed by atoms with Crippen molar-refractivity contribution < 1.29 is 9.53 Å². The van der Waals surface area contributed by atoms with E-state index in [2.05, 4.69) is 10.3 Å². The van der Waals surface area contributed by atoms with Gasteiger partial charge in [-0.2, -0.15) is 0 Å². The Kier molecular flexibility index (Phi) is 6.61. The molecule has 0 saturated heterocycles. The number of amidine groups is 2. The second kappa shape index (κ2) is 8.21. The minimum atomic E-state index is -0.773. The second-order valence-corrected chi connectivity index (χ2v) is 4.85. The highest BCUT2D eigenvalue weighted by Gasteiger charge is 2.18. The SMILES string of the molecule is CCOC(=O)C(=N)/C(=N\C(=N)SC)Nc1ccc(C)cc1. The van der Waals surface area contributed by atoms with E-state index in [4.69, 9.17) is 15.6 Å². The van der Waals surface area contributed by atoms with Gasteiger partial charge in [0, 0.05) is 5.69 Å². The summed E-state index contributed by atoms with van der Waals surface area (Å²) in [5.74, 6) is -0.776. The van der Waals surface area contributed by atoms with E-state index < -0.39 is 11.7 Å². The minimum Gasteiger partial charge on any atom is -0.461 e. The Bertz CT molecular complexity index is 567. The molecular weight excluding hydrogens is 288 g/mol. The van der Waals surface area contributed by atoms with E-state index in [9.17, 15) is 4.79 Å². The van der Waals surface area contributed by atoms with Crippen molar-refractivity contribution in [1.29, 1.82) is 10.8 Å². The highest BCUT2D eigenvalue weighted by Crippen LogP contribution is 2.10. The average Bonchev–Trinajstić information content (AvgIpc) is 2.48. The molecule has 3 N–H and O–H groups in total. The molecule has 0 saturated carbocycles. The molecule has 1 aromatic carbocycles. The summed E-state index contributed by atoms with van der Waals surface area (Å²) in [5, 5.41) is 18.3. The summed E-state index contributed by atoms with van der Waals surface area (Å²) in [7, 11) is 0. The first-order valence-corrected chi connectivity index (χ1v) is 7.51. The van der Waals surface area contributed by atoms with Crippen LogP contribution in [0.5, 0.6) is 0 Å². The third-order valence-corrected chi connectivity index (χ3v) is 2.92. The lowest BCUT2D eigenvalue weighted by Gasteiger charge is -2.10. The number of benzene rings is 1. The van der Waals surface area contributed by atoms with Crippen LogP contribution in [0.4, 0.5) is 5.69 Å². The number of anilines is 1. The summed E-state index contributed by atoms with van der Waals surface area (Å²) in [6.45, 7) is 3.81. The van der Waals surface area contributed by atoms with Crippen LogP contribution in [-0.4, -0.2) is 35.5 Å². The number of aliphatic imine (C=N–C) groups is 1. The third kappa shape index (κ3) is 5.39. The van der Waals surface area contributed by atoms with Crippen LogP contribution in [0.2, 0.25) is 0 Å². The molecule has 0 radical (unpaired) electrons. The van der Waals surface area contributed by atoms with Gasteiger partial charge in [0.2, 0.25) is 0 Å². The molecule has 0 aromatic heterocycles. The molecule has 0 unspecified atom stereocenters. The van der Waals surface area contributed by atoms with Crippen molar-refractivity contribution in [1.82, 2.24) is 0 Å². The molecule has 0 amide bonds. The number of carbonyl (C=O) groups is 1. The average molecular weight is 306 g/mol. The number of aryl methyl sites for hydroxylation is 1. The minimum absolute atomic E-state index is 0.00124. The molecule has 0 atom stereocenters. The Labute approximate surface area is 128 Å². The highest BCUT2D eigenvalue weighted by atomic mass is 32.2. The standard InChI is InChI=1S/C14H18N4O2S/c1-4-20-13(19)11(15)12(18-14(16)21-3)17-10-7-5-9(2)6-8-10/h5-8,15H,4H2,1-3H3,(H2,16,17,18). The maximum atomic E-state index is 11.7. The Hall–Kier alpha value is -2.15. The molecule has 0 bridgehead atoms. The van der Waals surface area contributed by atoms with E-state index in [-0.39, 0.29) is 17.6 Å². The summed E-state index contributed by atoms with van der Waals surface area (Å²) in [6, 6.07) is 7.42. The van der Waals surface area contributed by atoms with Crippen molar-refractivity contribution in [3.05, 3.63) is 29.8 Å². The number of hydrogen-bond acceptors (Lipinski definition) is 5. The molecule has 0 spiro atoms. The second-order valence-electron chi connectivity index (χ2n) is 4.06. The van der Waals surface area contributed by atoms with Crippen molar-refractivity contribution in [3.63, 3.8) is 0 Å². The van der Waals surface area contributed by atoms with Gasteiger partial charge >= 0.3 is 5.97 Å². The first-order chi connectivity index (χ1) is 9.97. The molecule has 0 heterocycles. The van der Waals surface area contributed by atoms with E-state index in [1.165, 1.54) is 0 Å². The molecule has 1 rings (SSSR count). The highest BCUT2D eigenvalue weighted by molar-refractivity contribution is 8.13. The number of ether oxygens (including phenoxy) is 1. The Morgan fingerprint density at radius 2 is 1.95 bits per heavy atom. The van der Waals surface area contributed by atoms with Gasteiger partial charge in [0.15, 0.2) is 16.7 Å². The van der Waals surface area contributed by atoms with Crippen LogP contribution in [0.3, 0.4) is 0 Å². The zero-order valence-electron chi connectivity index (χ0n) is 12.2. The molecule has 6 nitrogen and oxygen atoms in total. The van der Waals surface area contributed by atoms with Gasteiger partial charge in [-0.25, -0.2) is 9.79 Å². The van der Waals surface area contributed by atoms with E-state index in [0.717, 1.165) is 17.3 Å². The van der Waals surface area contributed by atoms with Crippen LogP contribution >= 0.6 is 11.8 Å². The largest absolute Gasteiger partial charge is 0.461 e. The summed E-state index contributed by atoms with van der Waals surface area (Å²) in [4.78, 5) is 15.6. The molecular formula is C14H18N4O2S. The fraction of sp³-hybridized carbons (Fsp3) is 0.286. The molecule has 0 aliphatic heterocycles. The van der Waals surface area contributed by atoms with Crippen LogP contribution in [0.25, 0.3) is 0 Å². The zero-order chi connectivity index (χ0) is 15.8.